The van der Waals surface area contributed by atoms with Crippen LogP contribution in [0, 0.1) is 6.08 Å². The molecule has 0 unspecified atom stereocenters. The van der Waals surface area contributed by atoms with Crippen molar-refractivity contribution in [2.24, 2.45) is 0 Å². The van der Waals surface area contributed by atoms with Crippen LogP contribution in [0.3, 0.4) is 0 Å². The van der Waals surface area contributed by atoms with Gasteiger partial charge in [-0.1, -0.05) is 10.2 Å². The van der Waals surface area contributed by atoms with Gasteiger partial charge in [-0.2, -0.15) is 0 Å². The second kappa shape index (κ2) is 3.24. The summed E-state index contributed by atoms with van der Waals surface area (Å²) in [7, 11) is 0. The molecule has 5 heteroatoms. The van der Waals surface area contributed by atoms with E-state index in [1.165, 1.54) is 0 Å². The fourth-order valence-electron chi connectivity index (χ4n) is 0.953. The summed E-state index contributed by atoms with van der Waals surface area (Å²) in [5.74, 6) is -1.47. The van der Waals surface area contributed by atoms with Crippen molar-refractivity contribution in [3.63, 3.8) is 0 Å². The zero-order chi connectivity index (χ0) is 9.97. The Labute approximate surface area is 79.1 Å². The van der Waals surface area contributed by atoms with Gasteiger partial charge in [-0.05, 0) is 0 Å². The molecule has 1 aliphatic rings. The molecule has 1 aromatic rings. The average molecular weight is 189 g/mol. The van der Waals surface area contributed by atoms with Crippen molar-refractivity contribution in [2.45, 2.75) is 0 Å². The molecule has 0 saturated heterocycles. The molecule has 5 nitrogen and oxygen atoms in total. The molecule has 0 saturated carbocycles. The SMILES string of the molecule is O=C(O)c1nnc(C2=CC=C[C+]=C2)o1. The lowest BCUT2D eigenvalue weighted by Crippen LogP contribution is -1.95. The van der Waals surface area contributed by atoms with Crippen molar-refractivity contribution in [1.29, 1.82) is 0 Å². The third kappa shape index (κ3) is 1.44. The summed E-state index contributed by atoms with van der Waals surface area (Å²) in [5, 5.41) is 15.5. The highest BCUT2D eigenvalue weighted by Crippen LogP contribution is 2.16. The Balaban J connectivity index is 2.34. The van der Waals surface area contributed by atoms with Crippen molar-refractivity contribution in [1.82, 2.24) is 10.2 Å². The molecule has 0 bridgehead atoms. The molecule has 0 atom stereocenters. The number of rotatable bonds is 2. The molecule has 0 spiro atoms. The molecular formula is C9H5N2O3+. The molecule has 14 heavy (non-hydrogen) atoms. The molecular weight excluding hydrogens is 184 g/mol. The summed E-state index contributed by atoms with van der Waals surface area (Å²) < 4.78 is 4.89. The van der Waals surface area contributed by atoms with Crippen LogP contribution in [0.1, 0.15) is 16.6 Å². The molecule has 68 valence electrons. The number of hydrogen-bond acceptors (Lipinski definition) is 4. The molecule has 1 N–H and O–H groups in total. The highest BCUT2D eigenvalue weighted by molar-refractivity contribution is 5.82. The minimum absolute atomic E-state index is 0.180. The number of nitrogens with zero attached hydrogens (tertiary/aromatic N) is 2. The molecule has 1 aliphatic carbocycles. The van der Waals surface area contributed by atoms with E-state index in [4.69, 9.17) is 9.52 Å². The number of carbonyl (C=O) groups is 1. The fraction of sp³-hybridized carbons (Fsp3) is 0. The average Bonchev–Trinajstić information content (AvgIpc) is 2.68. The lowest BCUT2D eigenvalue weighted by Gasteiger charge is -1.86. The van der Waals surface area contributed by atoms with Gasteiger partial charge in [0.15, 0.2) is 5.57 Å². The summed E-state index contributed by atoms with van der Waals surface area (Å²) in [6, 6.07) is 0. The number of aromatic nitrogens is 2. The topological polar surface area (TPSA) is 76.2 Å². The predicted octanol–water partition coefficient (Wildman–Crippen LogP) is 1.08. The van der Waals surface area contributed by atoms with Gasteiger partial charge in [0, 0.05) is 12.2 Å². The van der Waals surface area contributed by atoms with Crippen LogP contribution in [0.4, 0.5) is 0 Å². The normalized spacial score (nSPS) is 13.6. The van der Waals surface area contributed by atoms with Gasteiger partial charge in [0.05, 0.1) is 6.08 Å². The van der Waals surface area contributed by atoms with Gasteiger partial charge < -0.3 is 9.52 Å². The van der Waals surface area contributed by atoms with E-state index in [0.717, 1.165) is 0 Å². The molecule has 0 radical (unpaired) electrons. The second-order valence-electron chi connectivity index (χ2n) is 2.51. The van der Waals surface area contributed by atoms with Gasteiger partial charge in [0.25, 0.3) is 0 Å². The van der Waals surface area contributed by atoms with Crippen LogP contribution in [-0.4, -0.2) is 21.3 Å². The fourth-order valence-corrected chi connectivity index (χ4v) is 0.953. The largest absolute Gasteiger partial charge is 0.474 e. The number of allylic oxidation sites excluding steroid dienone is 6. The maximum absolute atomic E-state index is 10.4. The first-order chi connectivity index (χ1) is 6.77. The lowest BCUT2D eigenvalue weighted by atomic mass is 10.1. The van der Waals surface area contributed by atoms with Crippen LogP contribution < -0.4 is 0 Å². The first kappa shape index (κ1) is 8.34. The number of aromatic carboxylic acids is 1. The standard InChI is InChI=1S/C9H4N2O3/c12-9(13)8-11-10-7(14-8)6-4-2-1-3-5-6/h1-2,4-5H/p+1. The number of carboxylic acids is 1. The minimum Gasteiger partial charge on any atom is -0.474 e. The van der Waals surface area contributed by atoms with Gasteiger partial charge in [0.1, 0.15) is 12.2 Å². The maximum atomic E-state index is 10.4. The van der Waals surface area contributed by atoms with E-state index in [1.807, 2.05) is 0 Å². The minimum atomic E-state index is -1.23. The van der Waals surface area contributed by atoms with Crippen molar-refractivity contribution in [2.75, 3.05) is 0 Å². The molecule has 1 aromatic heterocycles. The molecule has 2 rings (SSSR count). The van der Waals surface area contributed by atoms with Crippen LogP contribution in [0.15, 0.2) is 28.7 Å². The molecule has 0 fully saturated rings. The van der Waals surface area contributed by atoms with E-state index in [2.05, 4.69) is 16.3 Å². The van der Waals surface area contributed by atoms with E-state index < -0.39 is 11.9 Å². The molecule has 1 heterocycles. The molecule has 0 amide bonds. The first-order valence-electron chi connectivity index (χ1n) is 3.80. The predicted molar refractivity (Wildman–Crippen MR) is 46.2 cm³/mol. The Kier molecular flexibility index (Phi) is 1.93. The number of hydrogen-bond donors (Lipinski definition) is 1. The summed E-state index contributed by atoms with van der Waals surface area (Å²) in [6.07, 6.45) is 9.66. The van der Waals surface area contributed by atoms with E-state index in [9.17, 15) is 4.79 Å². The Morgan fingerprint density at radius 3 is 2.93 bits per heavy atom. The zero-order valence-electron chi connectivity index (χ0n) is 6.97. The highest BCUT2D eigenvalue weighted by Gasteiger charge is 2.18. The summed E-state index contributed by atoms with van der Waals surface area (Å²) in [6.45, 7) is 0. The summed E-state index contributed by atoms with van der Waals surface area (Å²) in [5.41, 5.74) is 0.646. The summed E-state index contributed by atoms with van der Waals surface area (Å²) in [4.78, 5) is 10.4. The first-order valence-corrected chi connectivity index (χ1v) is 3.80. The third-order valence-corrected chi connectivity index (χ3v) is 1.56. The van der Waals surface area contributed by atoms with Gasteiger partial charge >= 0.3 is 17.8 Å². The van der Waals surface area contributed by atoms with Gasteiger partial charge in [-0.15, -0.1) is 0 Å². The van der Waals surface area contributed by atoms with Crippen LogP contribution >= 0.6 is 0 Å². The Hall–Kier alpha value is -2.26. The quantitative estimate of drug-likeness (QED) is 0.704. The molecule has 0 aliphatic heterocycles. The van der Waals surface area contributed by atoms with E-state index in [-0.39, 0.29) is 5.89 Å². The maximum Gasteiger partial charge on any atom is 0.393 e. The molecule has 0 aromatic carbocycles. The zero-order valence-corrected chi connectivity index (χ0v) is 6.97. The van der Waals surface area contributed by atoms with E-state index >= 15 is 0 Å². The van der Waals surface area contributed by atoms with Gasteiger partial charge in [-0.3, -0.25) is 0 Å². The Morgan fingerprint density at radius 1 is 1.50 bits per heavy atom. The summed E-state index contributed by atoms with van der Waals surface area (Å²) >= 11 is 0. The van der Waals surface area contributed by atoms with E-state index in [0.29, 0.717) is 5.57 Å². The van der Waals surface area contributed by atoms with Crippen LogP contribution in [0.2, 0.25) is 0 Å². The highest BCUT2D eigenvalue weighted by atomic mass is 16.4. The van der Waals surface area contributed by atoms with Crippen LogP contribution in [0.5, 0.6) is 0 Å². The van der Waals surface area contributed by atoms with Crippen LogP contribution in [-0.2, 0) is 0 Å². The van der Waals surface area contributed by atoms with Crippen molar-refractivity contribution in [3.05, 3.63) is 42.2 Å². The Bertz CT molecular complexity index is 454. The van der Waals surface area contributed by atoms with Gasteiger partial charge in [0.2, 0.25) is 0 Å². The number of carboxylic acid groups (broad SMARTS) is 1. The van der Waals surface area contributed by atoms with E-state index in [1.54, 1.807) is 24.3 Å². The second-order valence-corrected chi connectivity index (χ2v) is 2.51. The smallest absolute Gasteiger partial charge is 0.393 e. The Morgan fingerprint density at radius 2 is 2.36 bits per heavy atom. The van der Waals surface area contributed by atoms with Crippen molar-refractivity contribution in [3.8, 4) is 0 Å². The van der Waals surface area contributed by atoms with Crippen molar-refractivity contribution < 1.29 is 14.3 Å². The van der Waals surface area contributed by atoms with Gasteiger partial charge in [-0.25, -0.2) is 4.79 Å². The monoisotopic (exact) mass is 189 g/mol. The van der Waals surface area contributed by atoms with Crippen molar-refractivity contribution >= 4 is 11.5 Å². The van der Waals surface area contributed by atoms with Crippen LogP contribution in [0.25, 0.3) is 5.57 Å². The third-order valence-electron chi connectivity index (χ3n) is 1.56. The lowest BCUT2D eigenvalue weighted by molar-refractivity contribution is 0.0653.